The SMILES string of the molecule is CN=C(NCc1ccc(C)cc1Oc1ccccc1)NCc1nnc2n1CCCCC2.I. The normalized spacial score (nSPS) is 13.5. The number of halogens is 1. The van der Waals surface area contributed by atoms with Crippen LogP contribution >= 0.6 is 24.0 Å². The molecule has 0 radical (unpaired) electrons. The third-order valence-corrected chi connectivity index (χ3v) is 5.46. The van der Waals surface area contributed by atoms with Gasteiger partial charge in [-0.25, -0.2) is 0 Å². The van der Waals surface area contributed by atoms with Crippen LogP contribution in [0.5, 0.6) is 11.5 Å². The Balaban J connectivity index is 0.00000289. The minimum atomic E-state index is 0. The van der Waals surface area contributed by atoms with Crippen LogP contribution in [-0.4, -0.2) is 27.8 Å². The fourth-order valence-electron chi connectivity index (χ4n) is 3.76. The number of aryl methyl sites for hydroxylation is 2. The van der Waals surface area contributed by atoms with E-state index >= 15 is 0 Å². The van der Waals surface area contributed by atoms with Crippen molar-refractivity contribution < 1.29 is 4.74 Å². The second-order valence-electron chi connectivity index (χ2n) is 7.80. The predicted octanol–water partition coefficient (Wildman–Crippen LogP) is 4.59. The molecule has 1 aliphatic heterocycles. The standard InChI is InChI=1S/C24H30N6O.HI/c1-18-12-13-19(21(15-18)31-20-9-5-3-6-10-20)16-26-24(25-2)27-17-23-29-28-22-11-7-4-8-14-30(22)23;/h3,5-6,9-10,12-13,15H,4,7-8,11,14,16-17H2,1-2H3,(H2,25,26,27);1H. The van der Waals surface area contributed by atoms with Crippen molar-refractivity contribution in [2.45, 2.75) is 52.2 Å². The van der Waals surface area contributed by atoms with Gasteiger partial charge in [0.05, 0.1) is 6.54 Å². The topological polar surface area (TPSA) is 76.4 Å². The molecule has 2 N–H and O–H groups in total. The average molecular weight is 546 g/mol. The van der Waals surface area contributed by atoms with E-state index in [1.165, 1.54) is 19.3 Å². The maximum atomic E-state index is 6.13. The molecular weight excluding hydrogens is 515 g/mol. The molecule has 0 fully saturated rings. The molecule has 0 amide bonds. The van der Waals surface area contributed by atoms with Gasteiger partial charge in [0.25, 0.3) is 0 Å². The highest BCUT2D eigenvalue weighted by Crippen LogP contribution is 2.26. The van der Waals surface area contributed by atoms with Crippen molar-refractivity contribution >= 4 is 29.9 Å². The Morgan fingerprint density at radius 3 is 2.66 bits per heavy atom. The van der Waals surface area contributed by atoms with Gasteiger partial charge >= 0.3 is 0 Å². The first kappa shape index (κ1) is 24.0. The Bertz CT molecular complexity index is 1030. The Hall–Kier alpha value is -2.62. The fraction of sp³-hybridized carbons (Fsp3) is 0.375. The second kappa shape index (κ2) is 11.8. The summed E-state index contributed by atoms with van der Waals surface area (Å²) >= 11 is 0. The van der Waals surface area contributed by atoms with Crippen molar-refractivity contribution in [2.24, 2.45) is 4.99 Å². The molecule has 4 rings (SSSR count). The molecule has 0 spiro atoms. The van der Waals surface area contributed by atoms with Crippen molar-refractivity contribution in [3.63, 3.8) is 0 Å². The van der Waals surface area contributed by atoms with Crippen LogP contribution in [0.4, 0.5) is 0 Å². The number of aliphatic imine (C=N–C) groups is 1. The van der Waals surface area contributed by atoms with E-state index in [2.05, 4.69) is 55.5 Å². The summed E-state index contributed by atoms with van der Waals surface area (Å²) in [4.78, 5) is 4.36. The number of hydrogen-bond donors (Lipinski definition) is 2. The highest BCUT2D eigenvalue weighted by Gasteiger charge is 2.15. The van der Waals surface area contributed by atoms with Crippen LogP contribution in [0.25, 0.3) is 0 Å². The number of guanidine groups is 1. The van der Waals surface area contributed by atoms with Crippen molar-refractivity contribution in [2.75, 3.05) is 7.05 Å². The summed E-state index contributed by atoms with van der Waals surface area (Å²) in [7, 11) is 1.77. The Morgan fingerprint density at radius 1 is 1.03 bits per heavy atom. The number of fused-ring (bicyclic) bond motifs is 1. The quantitative estimate of drug-likeness (QED) is 0.269. The summed E-state index contributed by atoms with van der Waals surface area (Å²) in [6, 6.07) is 16.1. The first-order chi connectivity index (χ1) is 15.2. The number of ether oxygens (including phenoxy) is 1. The molecule has 0 aliphatic carbocycles. The molecule has 3 aromatic rings. The molecule has 1 aromatic heterocycles. The molecular formula is C24H31IN6O. The van der Waals surface area contributed by atoms with Gasteiger partial charge in [0.2, 0.25) is 0 Å². The van der Waals surface area contributed by atoms with Crippen LogP contribution in [0, 0.1) is 6.92 Å². The maximum Gasteiger partial charge on any atom is 0.191 e. The predicted molar refractivity (Wildman–Crippen MR) is 138 cm³/mol. The smallest absolute Gasteiger partial charge is 0.191 e. The van der Waals surface area contributed by atoms with Gasteiger partial charge in [-0.3, -0.25) is 4.99 Å². The summed E-state index contributed by atoms with van der Waals surface area (Å²) in [5.41, 5.74) is 2.22. The monoisotopic (exact) mass is 546 g/mol. The molecule has 8 heteroatoms. The van der Waals surface area contributed by atoms with Gasteiger partial charge in [-0.15, -0.1) is 34.2 Å². The van der Waals surface area contributed by atoms with Gasteiger partial charge in [-0.2, -0.15) is 0 Å². The fourth-order valence-corrected chi connectivity index (χ4v) is 3.76. The maximum absolute atomic E-state index is 6.13. The van der Waals surface area contributed by atoms with E-state index in [1.54, 1.807) is 7.05 Å². The lowest BCUT2D eigenvalue weighted by molar-refractivity contribution is 0.474. The number of hydrogen-bond acceptors (Lipinski definition) is 4. The van der Waals surface area contributed by atoms with E-state index < -0.39 is 0 Å². The van der Waals surface area contributed by atoms with Crippen molar-refractivity contribution in [1.29, 1.82) is 0 Å². The minimum Gasteiger partial charge on any atom is -0.457 e. The summed E-state index contributed by atoms with van der Waals surface area (Å²) in [5, 5.41) is 15.5. The van der Waals surface area contributed by atoms with E-state index in [0.717, 1.165) is 53.2 Å². The van der Waals surface area contributed by atoms with Crippen molar-refractivity contribution in [3.05, 3.63) is 71.3 Å². The molecule has 1 aliphatic rings. The Morgan fingerprint density at radius 2 is 1.84 bits per heavy atom. The van der Waals surface area contributed by atoms with Crippen LogP contribution < -0.4 is 15.4 Å². The minimum absolute atomic E-state index is 0. The van der Waals surface area contributed by atoms with Crippen LogP contribution in [0.15, 0.2) is 53.5 Å². The zero-order chi connectivity index (χ0) is 21.5. The van der Waals surface area contributed by atoms with Crippen LogP contribution in [0.2, 0.25) is 0 Å². The zero-order valence-electron chi connectivity index (χ0n) is 18.7. The summed E-state index contributed by atoms with van der Waals surface area (Å²) in [6.07, 6.45) is 4.64. The third kappa shape index (κ3) is 6.21. The molecule has 0 saturated carbocycles. The van der Waals surface area contributed by atoms with E-state index in [0.29, 0.717) is 13.1 Å². The first-order valence-corrected chi connectivity index (χ1v) is 10.9. The van der Waals surface area contributed by atoms with Gasteiger partial charge in [0.1, 0.15) is 17.3 Å². The van der Waals surface area contributed by atoms with E-state index in [9.17, 15) is 0 Å². The molecule has 0 bridgehead atoms. The van der Waals surface area contributed by atoms with Crippen LogP contribution in [0.1, 0.15) is 42.0 Å². The van der Waals surface area contributed by atoms with E-state index in [-0.39, 0.29) is 24.0 Å². The number of para-hydroxylation sites is 1. The number of nitrogens with zero attached hydrogens (tertiary/aromatic N) is 4. The Labute approximate surface area is 206 Å². The van der Waals surface area contributed by atoms with Crippen LogP contribution in [-0.2, 0) is 26.1 Å². The molecule has 2 heterocycles. The molecule has 2 aromatic carbocycles. The summed E-state index contributed by atoms with van der Waals surface area (Å²) in [5.74, 6) is 4.45. The number of aromatic nitrogens is 3. The van der Waals surface area contributed by atoms with Crippen molar-refractivity contribution in [3.8, 4) is 11.5 Å². The van der Waals surface area contributed by atoms with Gasteiger partial charge in [-0.05, 0) is 43.5 Å². The van der Waals surface area contributed by atoms with E-state index in [1.807, 2.05) is 30.3 Å². The molecule has 0 unspecified atom stereocenters. The summed E-state index contributed by atoms with van der Waals surface area (Å²) < 4.78 is 8.38. The van der Waals surface area contributed by atoms with Gasteiger partial charge in [0.15, 0.2) is 11.8 Å². The number of benzene rings is 2. The highest BCUT2D eigenvalue weighted by molar-refractivity contribution is 14.0. The Kier molecular flexibility index (Phi) is 8.90. The van der Waals surface area contributed by atoms with Crippen molar-refractivity contribution in [1.82, 2.24) is 25.4 Å². The van der Waals surface area contributed by atoms with E-state index in [4.69, 9.17) is 4.74 Å². The highest BCUT2D eigenvalue weighted by atomic mass is 127. The molecule has 0 saturated heterocycles. The average Bonchev–Trinajstić information content (AvgIpc) is 3.01. The number of nitrogens with one attached hydrogen (secondary N) is 2. The zero-order valence-corrected chi connectivity index (χ0v) is 21.0. The molecule has 170 valence electrons. The summed E-state index contributed by atoms with van der Waals surface area (Å²) in [6.45, 7) is 4.25. The van der Waals surface area contributed by atoms with Gasteiger partial charge in [-0.1, -0.05) is 36.8 Å². The lowest BCUT2D eigenvalue weighted by atomic mass is 10.1. The molecule has 0 atom stereocenters. The third-order valence-electron chi connectivity index (χ3n) is 5.46. The van der Waals surface area contributed by atoms with Gasteiger partial charge in [0, 0.05) is 32.1 Å². The van der Waals surface area contributed by atoms with Gasteiger partial charge < -0.3 is 19.9 Å². The largest absolute Gasteiger partial charge is 0.457 e. The second-order valence-corrected chi connectivity index (χ2v) is 7.80. The number of rotatable bonds is 6. The molecule has 7 nitrogen and oxygen atoms in total. The first-order valence-electron chi connectivity index (χ1n) is 10.9. The van der Waals surface area contributed by atoms with Crippen LogP contribution in [0.3, 0.4) is 0 Å². The lowest BCUT2D eigenvalue weighted by Crippen LogP contribution is -2.37. The lowest BCUT2D eigenvalue weighted by Gasteiger charge is -2.15. The molecule has 32 heavy (non-hydrogen) atoms.